The summed E-state index contributed by atoms with van der Waals surface area (Å²) >= 11 is 0. The topological polar surface area (TPSA) is 9.23 Å². The van der Waals surface area contributed by atoms with E-state index in [1.807, 2.05) is 0 Å². The quantitative estimate of drug-likeness (QED) is 0.517. The van der Waals surface area contributed by atoms with E-state index in [2.05, 4.69) is 6.58 Å². The van der Waals surface area contributed by atoms with Crippen LogP contribution in [-0.4, -0.2) is 24.1 Å². The van der Waals surface area contributed by atoms with E-state index < -0.39 is 47.2 Å². The van der Waals surface area contributed by atoms with Gasteiger partial charge in [0.25, 0.3) is 5.60 Å². The largest absolute Gasteiger partial charge is 0.426 e. The fraction of sp³-hybridized carbons (Fsp3) is 0.857. The fourth-order valence-corrected chi connectivity index (χ4v) is 5.15. The van der Waals surface area contributed by atoms with Gasteiger partial charge < -0.3 is 4.74 Å². The zero-order valence-corrected chi connectivity index (χ0v) is 11.6. The summed E-state index contributed by atoms with van der Waals surface area (Å²) < 4.78 is 84.9. The van der Waals surface area contributed by atoms with Gasteiger partial charge >= 0.3 is 12.4 Å². The number of hydrogen-bond donors (Lipinski definition) is 0. The van der Waals surface area contributed by atoms with Crippen LogP contribution >= 0.6 is 0 Å². The summed E-state index contributed by atoms with van der Waals surface area (Å²) in [6, 6.07) is 0. The average Bonchev–Trinajstić information content (AvgIpc) is 2.78. The van der Waals surface area contributed by atoms with Crippen LogP contribution in [-0.2, 0) is 4.74 Å². The molecule has 2 saturated carbocycles. The van der Waals surface area contributed by atoms with Crippen LogP contribution in [0, 0.1) is 29.1 Å². The zero-order chi connectivity index (χ0) is 16.0. The highest BCUT2D eigenvalue weighted by Crippen LogP contribution is 2.74. The molecule has 5 unspecified atom stereocenters. The van der Waals surface area contributed by atoms with Crippen molar-refractivity contribution in [3.63, 3.8) is 0 Å². The van der Waals surface area contributed by atoms with Crippen molar-refractivity contribution in [2.24, 2.45) is 29.1 Å². The summed E-state index contributed by atoms with van der Waals surface area (Å²) in [6.07, 6.45) is -10.7. The fourth-order valence-electron chi connectivity index (χ4n) is 5.15. The molecular weight excluding hydrogens is 298 g/mol. The molecule has 2 aliphatic carbocycles. The third kappa shape index (κ3) is 1.48. The van der Waals surface area contributed by atoms with E-state index in [-0.39, 0.29) is 12.3 Å². The van der Waals surface area contributed by atoms with Crippen LogP contribution in [0.1, 0.15) is 20.3 Å². The third-order valence-corrected chi connectivity index (χ3v) is 5.91. The van der Waals surface area contributed by atoms with Crippen molar-refractivity contribution in [2.45, 2.75) is 44.3 Å². The number of rotatable bonds is 1. The molecule has 1 heterocycles. The monoisotopic (exact) mass is 314 g/mol. The summed E-state index contributed by atoms with van der Waals surface area (Å²) in [5, 5.41) is 0. The molecule has 0 aromatic carbocycles. The molecular formula is C14H16F6O. The Labute approximate surface area is 118 Å². The van der Waals surface area contributed by atoms with E-state index in [4.69, 9.17) is 4.74 Å². The first kappa shape index (κ1) is 15.2. The Hall–Kier alpha value is -0.720. The third-order valence-electron chi connectivity index (χ3n) is 5.91. The number of ether oxygens (including phenoxy) is 1. The van der Waals surface area contributed by atoms with Crippen molar-refractivity contribution < 1.29 is 31.1 Å². The highest BCUT2D eigenvalue weighted by Gasteiger charge is 2.86. The molecule has 2 bridgehead atoms. The minimum absolute atomic E-state index is 0.121. The molecule has 3 aliphatic rings. The van der Waals surface area contributed by atoms with Gasteiger partial charge in [-0.3, -0.25) is 0 Å². The van der Waals surface area contributed by atoms with Crippen LogP contribution in [0.25, 0.3) is 0 Å². The highest BCUT2D eigenvalue weighted by atomic mass is 19.4. The lowest BCUT2D eigenvalue weighted by atomic mass is 9.74. The van der Waals surface area contributed by atoms with Gasteiger partial charge in [-0.15, -0.1) is 6.58 Å². The minimum atomic E-state index is -5.47. The van der Waals surface area contributed by atoms with Crippen LogP contribution in [0.4, 0.5) is 26.3 Å². The first-order chi connectivity index (χ1) is 9.39. The highest BCUT2D eigenvalue weighted by molar-refractivity contribution is 5.25. The van der Waals surface area contributed by atoms with Crippen LogP contribution in [0.5, 0.6) is 0 Å². The molecule has 0 spiro atoms. The van der Waals surface area contributed by atoms with Crippen molar-refractivity contribution in [1.29, 1.82) is 0 Å². The number of alkyl halides is 6. The maximum atomic E-state index is 13.4. The normalized spacial score (nSPS) is 43.3. The molecule has 3 fully saturated rings. The van der Waals surface area contributed by atoms with Gasteiger partial charge in [-0.1, -0.05) is 19.9 Å². The molecule has 0 aromatic heterocycles. The maximum Gasteiger partial charge on any atom is 0.426 e. The molecule has 1 nitrogen and oxygen atoms in total. The van der Waals surface area contributed by atoms with Crippen molar-refractivity contribution in [3.05, 3.63) is 12.7 Å². The molecule has 7 heteroatoms. The molecule has 0 radical (unpaired) electrons. The maximum absolute atomic E-state index is 13.4. The SMILES string of the molecule is C=CC1C2OC(C(F)(F)F)(C(F)(F)F)C3CC1C(C)(C)C23. The van der Waals surface area contributed by atoms with Gasteiger partial charge in [-0.25, -0.2) is 0 Å². The van der Waals surface area contributed by atoms with Gasteiger partial charge in [0.1, 0.15) is 0 Å². The molecule has 5 atom stereocenters. The zero-order valence-electron chi connectivity index (χ0n) is 11.6. The summed E-state index contributed by atoms with van der Waals surface area (Å²) in [5.74, 6) is -3.00. The Kier molecular flexibility index (Phi) is 2.73. The van der Waals surface area contributed by atoms with Crippen LogP contribution in [0.3, 0.4) is 0 Å². The lowest BCUT2D eigenvalue weighted by molar-refractivity contribution is -0.384. The van der Waals surface area contributed by atoms with E-state index in [1.54, 1.807) is 13.8 Å². The second-order valence-corrected chi connectivity index (χ2v) is 6.92. The smallest absolute Gasteiger partial charge is 0.353 e. The predicted octanol–water partition coefficient (Wildman–Crippen LogP) is 4.34. The van der Waals surface area contributed by atoms with Gasteiger partial charge in [0.15, 0.2) is 0 Å². The van der Waals surface area contributed by atoms with Crippen LogP contribution in [0.2, 0.25) is 0 Å². The lowest BCUT2D eigenvalue weighted by Gasteiger charge is -2.37. The molecule has 1 aliphatic heterocycles. The van der Waals surface area contributed by atoms with Crippen molar-refractivity contribution in [3.8, 4) is 0 Å². The Morgan fingerprint density at radius 3 is 2.00 bits per heavy atom. The number of halogens is 6. The average molecular weight is 314 g/mol. The predicted molar refractivity (Wildman–Crippen MR) is 62.3 cm³/mol. The van der Waals surface area contributed by atoms with Gasteiger partial charge in [0.05, 0.1) is 6.10 Å². The lowest BCUT2D eigenvalue weighted by Crippen LogP contribution is -2.60. The molecule has 0 aromatic rings. The van der Waals surface area contributed by atoms with Gasteiger partial charge in [0, 0.05) is 11.8 Å². The Bertz CT molecular complexity index is 463. The summed E-state index contributed by atoms with van der Waals surface area (Å²) in [4.78, 5) is 0. The van der Waals surface area contributed by atoms with Crippen molar-refractivity contribution in [1.82, 2.24) is 0 Å². The van der Waals surface area contributed by atoms with Crippen LogP contribution in [0.15, 0.2) is 12.7 Å². The van der Waals surface area contributed by atoms with E-state index in [0.717, 1.165) is 0 Å². The summed E-state index contributed by atoms with van der Waals surface area (Å²) in [7, 11) is 0. The van der Waals surface area contributed by atoms with E-state index >= 15 is 0 Å². The van der Waals surface area contributed by atoms with E-state index in [1.165, 1.54) is 6.08 Å². The molecule has 0 N–H and O–H groups in total. The first-order valence-corrected chi connectivity index (χ1v) is 6.83. The van der Waals surface area contributed by atoms with Gasteiger partial charge in [-0.2, -0.15) is 26.3 Å². The number of hydrogen-bond acceptors (Lipinski definition) is 1. The molecule has 120 valence electrons. The standard InChI is InChI=1S/C14H16F6O/c1-4-6-7-5-8-9(11(7,2)3)10(6)21-12(8,13(15,16)17)14(18,19)20/h4,6-10H,1,5H2,2-3H3. The van der Waals surface area contributed by atoms with Crippen molar-refractivity contribution in [2.75, 3.05) is 0 Å². The van der Waals surface area contributed by atoms with Gasteiger partial charge in [0.2, 0.25) is 0 Å². The minimum Gasteiger partial charge on any atom is -0.353 e. The second kappa shape index (κ2) is 3.78. The Morgan fingerprint density at radius 2 is 1.57 bits per heavy atom. The van der Waals surface area contributed by atoms with Gasteiger partial charge in [-0.05, 0) is 23.7 Å². The molecule has 21 heavy (non-hydrogen) atoms. The van der Waals surface area contributed by atoms with E-state index in [0.29, 0.717) is 0 Å². The van der Waals surface area contributed by atoms with Crippen LogP contribution < -0.4 is 0 Å². The summed E-state index contributed by atoms with van der Waals surface area (Å²) in [6.45, 7) is 7.06. The summed E-state index contributed by atoms with van der Waals surface area (Å²) in [5.41, 5.74) is -4.63. The molecule has 3 rings (SSSR count). The van der Waals surface area contributed by atoms with Crippen molar-refractivity contribution >= 4 is 0 Å². The Morgan fingerprint density at radius 1 is 1.05 bits per heavy atom. The molecule has 1 saturated heterocycles. The second-order valence-electron chi connectivity index (χ2n) is 6.92. The number of fused-ring (bicyclic) bond motifs is 1. The Balaban J connectivity index is 2.16. The van der Waals surface area contributed by atoms with E-state index in [9.17, 15) is 26.3 Å². The molecule has 0 amide bonds. The first-order valence-electron chi connectivity index (χ1n) is 6.83.